The predicted molar refractivity (Wildman–Crippen MR) is 112 cm³/mol. The first-order chi connectivity index (χ1) is 13.1. The lowest BCUT2D eigenvalue weighted by Crippen LogP contribution is -2.47. The van der Waals surface area contributed by atoms with E-state index in [0.29, 0.717) is 12.0 Å². The second-order valence-electron chi connectivity index (χ2n) is 8.18. The van der Waals surface area contributed by atoms with E-state index in [4.69, 9.17) is 4.74 Å². The summed E-state index contributed by atoms with van der Waals surface area (Å²) < 4.78 is 6.14. The van der Waals surface area contributed by atoms with Crippen LogP contribution in [0.25, 0.3) is 0 Å². The summed E-state index contributed by atoms with van der Waals surface area (Å²) in [6.07, 6.45) is 5.17. The number of ether oxygens (including phenoxy) is 1. The molecule has 2 aliphatic rings. The molecule has 0 radical (unpaired) electrons. The van der Waals surface area contributed by atoms with Gasteiger partial charge in [0, 0.05) is 44.7 Å². The number of rotatable bonds is 7. The van der Waals surface area contributed by atoms with Gasteiger partial charge < -0.3 is 15.4 Å². The van der Waals surface area contributed by atoms with Crippen LogP contribution < -0.4 is 10.6 Å². The van der Waals surface area contributed by atoms with Crippen LogP contribution in [0.2, 0.25) is 0 Å². The molecule has 1 saturated heterocycles. The Hall–Kier alpha value is -1.59. The molecule has 3 rings (SSSR count). The molecule has 0 aromatic heterocycles. The Kier molecular flexibility index (Phi) is 7.13. The fourth-order valence-electron chi connectivity index (χ4n) is 3.86. The first-order valence-electron chi connectivity index (χ1n) is 10.4. The Morgan fingerprint density at radius 3 is 2.63 bits per heavy atom. The van der Waals surface area contributed by atoms with E-state index < -0.39 is 0 Å². The van der Waals surface area contributed by atoms with Crippen molar-refractivity contribution < 1.29 is 4.74 Å². The van der Waals surface area contributed by atoms with Crippen LogP contribution in [0.4, 0.5) is 0 Å². The lowest BCUT2D eigenvalue weighted by atomic mass is 9.89. The normalized spacial score (nSPS) is 24.7. The summed E-state index contributed by atoms with van der Waals surface area (Å²) in [5.41, 5.74) is 2.58. The molecule has 1 aliphatic carbocycles. The molecule has 1 saturated carbocycles. The van der Waals surface area contributed by atoms with E-state index in [9.17, 15) is 0 Å². The van der Waals surface area contributed by atoms with Crippen molar-refractivity contribution in [2.24, 2.45) is 10.9 Å². The number of hydrogen-bond acceptors (Lipinski definition) is 3. The van der Waals surface area contributed by atoms with Gasteiger partial charge in [-0.1, -0.05) is 29.8 Å². The van der Waals surface area contributed by atoms with Crippen molar-refractivity contribution in [1.82, 2.24) is 15.5 Å². The van der Waals surface area contributed by atoms with Crippen LogP contribution >= 0.6 is 0 Å². The Balaban J connectivity index is 1.50. The lowest BCUT2D eigenvalue weighted by Gasteiger charge is -2.33. The second kappa shape index (κ2) is 9.56. The van der Waals surface area contributed by atoms with Crippen molar-refractivity contribution >= 4 is 5.96 Å². The molecule has 1 aliphatic heterocycles. The third kappa shape index (κ3) is 5.69. The standard InChI is InChI=1S/C22H36N4O/c1-16-7-9-18(10-8-16)21-19(6-5-13-27-21)15-25-22(23-3)24-14-17(2)26(4)20-11-12-20/h7-10,17,19-21H,5-6,11-15H2,1-4H3,(H2,23,24,25). The molecule has 0 bridgehead atoms. The van der Waals surface area contributed by atoms with Crippen molar-refractivity contribution in [2.45, 2.75) is 57.7 Å². The molecule has 1 aromatic rings. The molecule has 2 N–H and O–H groups in total. The number of benzene rings is 1. The fraction of sp³-hybridized carbons (Fsp3) is 0.682. The van der Waals surface area contributed by atoms with E-state index in [1.807, 2.05) is 7.05 Å². The molecule has 5 nitrogen and oxygen atoms in total. The summed E-state index contributed by atoms with van der Waals surface area (Å²) >= 11 is 0. The Morgan fingerprint density at radius 2 is 1.96 bits per heavy atom. The van der Waals surface area contributed by atoms with Gasteiger partial charge >= 0.3 is 0 Å². The second-order valence-corrected chi connectivity index (χ2v) is 8.18. The minimum Gasteiger partial charge on any atom is -0.373 e. The Labute approximate surface area is 164 Å². The maximum absolute atomic E-state index is 6.14. The van der Waals surface area contributed by atoms with Gasteiger partial charge in [-0.3, -0.25) is 9.89 Å². The predicted octanol–water partition coefficient (Wildman–Crippen LogP) is 3.11. The number of nitrogens with one attached hydrogen (secondary N) is 2. The van der Waals surface area contributed by atoms with Crippen LogP contribution in [0.1, 0.15) is 49.8 Å². The zero-order valence-electron chi connectivity index (χ0n) is 17.4. The first-order valence-corrected chi connectivity index (χ1v) is 10.4. The zero-order chi connectivity index (χ0) is 19.2. The molecule has 0 spiro atoms. The minimum atomic E-state index is 0.171. The SMILES string of the molecule is CN=C(NCC1CCCOC1c1ccc(C)cc1)NCC(C)N(C)C1CC1. The molecule has 1 aromatic carbocycles. The highest BCUT2D eigenvalue weighted by atomic mass is 16.5. The average Bonchev–Trinajstić information content (AvgIpc) is 3.53. The number of guanidine groups is 1. The van der Waals surface area contributed by atoms with Crippen molar-refractivity contribution in [2.75, 3.05) is 33.8 Å². The molecular weight excluding hydrogens is 336 g/mol. The van der Waals surface area contributed by atoms with Crippen molar-refractivity contribution in [3.05, 3.63) is 35.4 Å². The number of nitrogens with zero attached hydrogens (tertiary/aromatic N) is 2. The number of aliphatic imine (C=N–C) groups is 1. The van der Waals surface area contributed by atoms with Gasteiger partial charge in [-0.15, -0.1) is 0 Å². The van der Waals surface area contributed by atoms with Crippen molar-refractivity contribution in [3.8, 4) is 0 Å². The maximum Gasteiger partial charge on any atom is 0.191 e. The van der Waals surface area contributed by atoms with Crippen LogP contribution in [0.15, 0.2) is 29.3 Å². The summed E-state index contributed by atoms with van der Waals surface area (Å²) in [5.74, 6) is 1.35. The number of hydrogen-bond donors (Lipinski definition) is 2. The number of likely N-dealkylation sites (N-methyl/N-ethyl adjacent to an activating group) is 1. The third-order valence-electron chi connectivity index (χ3n) is 5.99. The van der Waals surface area contributed by atoms with Crippen molar-refractivity contribution in [3.63, 3.8) is 0 Å². The average molecular weight is 373 g/mol. The summed E-state index contributed by atoms with van der Waals surface area (Å²) in [6, 6.07) is 10.1. The topological polar surface area (TPSA) is 48.9 Å². The molecular formula is C22H36N4O. The summed E-state index contributed by atoms with van der Waals surface area (Å²) in [5, 5.41) is 7.02. The minimum absolute atomic E-state index is 0.171. The van der Waals surface area contributed by atoms with E-state index in [-0.39, 0.29) is 6.10 Å². The molecule has 0 amide bonds. The van der Waals surface area contributed by atoms with E-state index in [0.717, 1.165) is 38.1 Å². The smallest absolute Gasteiger partial charge is 0.191 e. The van der Waals surface area contributed by atoms with Crippen LogP contribution in [-0.4, -0.2) is 56.7 Å². The summed E-state index contributed by atoms with van der Waals surface area (Å²) in [4.78, 5) is 6.88. The zero-order valence-corrected chi connectivity index (χ0v) is 17.4. The van der Waals surface area contributed by atoms with Gasteiger partial charge in [-0.2, -0.15) is 0 Å². The molecule has 27 heavy (non-hydrogen) atoms. The third-order valence-corrected chi connectivity index (χ3v) is 5.99. The van der Waals surface area contributed by atoms with Crippen LogP contribution in [0, 0.1) is 12.8 Å². The van der Waals surface area contributed by atoms with Gasteiger partial charge in [0.15, 0.2) is 5.96 Å². The molecule has 1 heterocycles. The van der Waals surface area contributed by atoms with Gasteiger partial charge in [-0.05, 0) is 52.1 Å². The first kappa shape index (κ1) is 20.2. The van der Waals surface area contributed by atoms with Gasteiger partial charge in [0.1, 0.15) is 0 Å². The lowest BCUT2D eigenvalue weighted by molar-refractivity contribution is -0.0265. The van der Waals surface area contributed by atoms with E-state index >= 15 is 0 Å². The van der Waals surface area contributed by atoms with Crippen molar-refractivity contribution in [1.29, 1.82) is 0 Å². The monoisotopic (exact) mass is 372 g/mol. The van der Waals surface area contributed by atoms with Crippen LogP contribution in [-0.2, 0) is 4.74 Å². The molecule has 3 atom stereocenters. The van der Waals surface area contributed by atoms with Gasteiger partial charge in [0.2, 0.25) is 0 Å². The molecule has 5 heteroatoms. The van der Waals surface area contributed by atoms with Gasteiger partial charge in [-0.25, -0.2) is 0 Å². The number of aryl methyl sites for hydroxylation is 1. The highest BCUT2D eigenvalue weighted by Crippen LogP contribution is 2.33. The quantitative estimate of drug-likeness (QED) is 0.570. The highest BCUT2D eigenvalue weighted by Gasteiger charge is 2.29. The van der Waals surface area contributed by atoms with Gasteiger partial charge in [0.05, 0.1) is 6.10 Å². The fourth-order valence-corrected chi connectivity index (χ4v) is 3.86. The Morgan fingerprint density at radius 1 is 1.22 bits per heavy atom. The largest absolute Gasteiger partial charge is 0.373 e. The maximum atomic E-state index is 6.14. The summed E-state index contributed by atoms with van der Waals surface area (Å²) in [7, 11) is 4.07. The molecule has 3 unspecified atom stereocenters. The van der Waals surface area contributed by atoms with E-state index in [1.54, 1.807) is 0 Å². The Bertz CT molecular complexity index is 611. The van der Waals surface area contributed by atoms with E-state index in [1.165, 1.54) is 30.4 Å². The summed E-state index contributed by atoms with van der Waals surface area (Å²) in [6.45, 7) is 7.05. The van der Waals surface area contributed by atoms with Gasteiger partial charge in [0.25, 0.3) is 0 Å². The highest BCUT2D eigenvalue weighted by molar-refractivity contribution is 5.79. The van der Waals surface area contributed by atoms with Crippen LogP contribution in [0.5, 0.6) is 0 Å². The van der Waals surface area contributed by atoms with Crippen LogP contribution in [0.3, 0.4) is 0 Å². The van der Waals surface area contributed by atoms with E-state index in [2.05, 4.69) is 65.7 Å². The molecule has 2 fully saturated rings. The molecule has 150 valence electrons.